The van der Waals surface area contributed by atoms with Crippen LogP contribution in [0.15, 0.2) is 24.3 Å². The maximum Gasteiger partial charge on any atom is 0.254 e. The molecule has 0 aliphatic carbocycles. The fraction of sp³-hybridized carbons (Fsp3) is 0.526. The maximum atomic E-state index is 12.5. The van der Waals surface area contributed by atoms with Crippen molar-refractivity contribution in [2.75, 3.05) is 26.2 Å². The lowest BCUT2D eigenvalue weighted by molar-refractivity contribution is -0.131. The Kier molecular flexibility index (Phi) is 6.74. The molecule has 2 rings (SSSR count). The van der Waals surface area contributed by atoms with E-state index < -0.39 is 5.41 Å². The smallest absolute Gasteiger partial charge is 0.254 e. The van der Waals surface area contributed by atoms with E-state index in [2.05, 4.69) is 10.6 Å². The summed E-state index contributed by atoms with van der Waals surface area (Å²) < 4.78 is 0. The minimum Gasteiger partial charge on any atom is -0.353 e. The molecule has 26 heavy (non-hydrogen) atoms. The molecule has 0 spiro atoms. The van der Waals surface area contributed by atoms with Crippen LogP contribution < -0.4 is 16.4 Å². The number of hydrogen-bond donors (Lipinski definition) is 3. The van der Waals surface area contributed by atoms with Gasteiger partial charge in [-0.2, -0.15) is 0 Å². The van der Waals surface area contributed by atoms with Gasteiger partial charge in [-0.05, 0) is 30.5 Å². The van der Waals surface area contributed by atoms with Crippen molar-refractivity contribution < 1.29 is 14.4 Å². The quantitative estimate of drug-likeness (QED) is 0.664. The molecule has 1 saturated heterocycles. The molecule has 1 aromatic carbocycles. The number of rotatable bonds is 7. The van der Waals surface area contributed by atoms with Gasteiger partial charge in [-0.15, -0.1) is 0 Å². The molecule has 1 aromatic rings. The van der Waals surface area contributed by atoms with Crippen LogP contribution in [0.5, 0.6) is 0 Å². The topological polar surface area (TPSA) is 105 Å². The van der Waals surface area contributed by atoms with Gasteiger partial charge in [0.2, 0.25) is 11.8 Å². The van der Waals surface area contributed by atoms with Crippen LogP contribution in [-0.4, -0.2) is 48.8 Å². The summed E-state index contributed by atoms with van der Waals surface area (Å²) in [5.74, 6) is -0.335. The fourth-order valence-electron chi connectivity index (χ4n) is 3.08. The summed E-state index contributed by atoms with van der Waals surface area (Å²) in [6, 6.07) is 7.09. The standard InChI is InChI=1S/C19H28N4O3/c1-3-19(4-2,13-20)18(26)22-11-14-5-7-15(8-6-14)17(25)23-10-9-21-16(24)12-23/h5-8H,3-4,9-13,20H2,1-2H3,(H,21,24)(H,22,26). The van der Waals surface area contributed by atoms with Gasteiger partial charge in [-0.1, -0.05) is 26.0 Å². The molecule has 0 aromatic heterocycles. The van der Waals surface area contributed by atoms with E-state index in [9.17, 15) is 14.4 Å². The first-order chi connectivity index (χ1) is 12.5. The van der Waals surface area contributed by atoms with Gasteiger partial charge in [0.05, 0.1) is 12.0 Å². The van der Waals surface area contributed by atoms with E-state index in [1.54, 1.807) is 12.1 Å². The van der Waals surface area contributed by atoms with Crippen molar-refractivity contribution in [3.63, 3.8) is 0 Å². The number of amides is 3. The highest BCUT2D eigenvalue weighted by Gasteiger charge is 2.32. The van der Waals surface area contributed by atoms with E-state index in [4.69, 9.17) is 5.73 Å². The van der Waals surface area contributed by atoms with E-state index in [0.717, 1.165) is 5.56 Å². The molecule has 1 aliphatic heterocycles. The van der Waals surface area contributed by atoms with E-state index in [0.29, 0.717) is 44.6 Å². The van der Waals surface area contributed by atoms with Gasteiger partial charge in [0.25, 0.3) is 5.91 Å². The van der Waals surface area contributed by atoms with Gasteiger partial charge >= 0.3 is 0 Å². The monoisotopic (exact) mass is 360 g/mol. The number of piperazine rings is 1. The molecule has 0 unspecified atom stereocenters. The second kappa shape index (κ2) is 8.80. The molecule has 3 amide bonds. The predicted molar refractivity (Wildman–Crippen MR) is 99.3 cm³/mol. The van der Waals surface area contributed by atoms with Crippen molar-refractivity contribution in [2.24, 2.45) is 11.1 Å². The Morgan fingerprint density at radius 2 is 1.88 bits per heavy atom. The number of hydrogen-bond acceptors (Lipinski definition) is 4. The molecule has 1 heterocycles. The Balaban J connectivity index is 1.96. The Hall–Kier alpha value is -2.41. The lowest BCUT2D eigenvalue weighted by Crippen LogP contribution is -2.49. The minimum absolute atomic E-state index is 0.0375. The van der Waals surface area contributed by atoms with Crippen LogP contribution >= 0.6 is 0 Å². The summed E-state index contributed by atoms with van der Waals surface area (Å²) in [6.07, 6.45) is 1.39. The minimum atomic E-state index is -0.523. The third-order valence-corrected chi connectivity index (χ3v) is 5.21. The molecule has 0 saturated carbocycles. The molecule has 4 N–H and O–H groups in total. The summed E-state index contributed by atoms with van der Waals surface area (Å²) in [5, 5.41) is 5.64. The van der Waals surface area contributed by atoms with Crippen molar-refractivity contribution >= 4 is 17.7 Å². The van der Waals surface area contributed by atoms with Crippen LogP contribution in [0, 0.1) is 5.41 Å². The van der Waals surface area contributed by atoms with E-state index in [1.807, 2.05) is 26.0 Å². The van der Waals surface area contributed by atoms with Gasteiger partial charge in [0, 0.05) is 31.7 Å². The number of nitrogens with one attached hydrogen (secondary N) is 2. The number of nitrogens with zero attached hydrogens (tertiary/aromatic N) is 1. The average molecular weight is 360 g/mol. The molecule has 0 radical (unpaired) electrons. The molecule has 7 nitrogen and oxygen atoms in total. The van der Waals surface area contributed by atoms with Crippen LogP contribution in [0.4, 0.5) is 0 Å². The second-order valence-electron chi connectivity index (χ2n) is 6.65. The second-order valence-corrected chi connectivity index (χ2v) is 6.65. The first kappa shape index (κ1) is 19.9. The molecule has 142 valence electrons. The van der Waals surface area contributed by atoms with Gasteiger partial charge in [-0.3, -0.25) is 14.4 Å². The Morgan fingerprint density at radius 1 is 1.23 bits per heavy atom. The van der Waals surface area contributed by atoms with Crippen molar-refractivity contribution in [1.82, 2.24) is 15.5 Å². The van der Waals surface area contributed by atoms with Gasteiger partial charge in [-0.25, -0.2) is 0 Å². The lowest BCUT2D eigenvalue weighted by atomic mass is 9.81. The van der Waals surface area contributed by atoms with Crippen LogP contribution in [-0.2, 0) is 16.1 Å². The molecule has 1 aliphatic rings. The van der Waals surface area contributed by atoms with Crippen molar-refractivity contribution in [2.45, 2.75) is 33.2 Å². The first-order valence-electron chi connectivity index (χ1n) is 9.09. The van der Waals surface area contributed by atoms with Gasteiger partial charge in [0.1, 0.15) is 0 Å². The summed E-state index contributed by atoms with van der Waals surface area (Å²) in [7, 11) is 0. The number of benzene rings is 1. The Morgan fingerprint density at radius 3 is 2.42 bits per heavy atom. The summed E-state index contributed by atoms with van der Waals surface area (Å²) in [5.41, 5.74) is 6.72. The highest BCUT2D eigenvalue weighted by Crippen LogP contribution is 2.25. The van der Waals surface area contributed by atoms with Crippen LogP contribution in [0.2, 0.25) is 0 Å². The number of nitrogens with two attached hydrogens (primary N) is 1. The zero-order valence-electron chi connectivity index (χ0n) is 15.5. The summed E-state index contributed by atoms with van der Waals surface area (Å²) in [6.45, 7) is 5.73. The lowest BCUT2D eigenvalue weighted by Gasteiger charge is -2.28. The van der Waals surface area contributed by atoms with Crippen LogP contribution in [0.3, 0.4) is 0 Å². The largest absolute Gasteiger partial charge is 0.353 e. The normalized spacial score (nSPS) is 14.7. The molecule has 0 bridgehead atoms. The third-order valence-electron chi connectivity index (χ3n) is 5.21. The molecule has 1 fully saturated rings. The van der Waals surface area contributed by atoms with Crippen LogP contribution in [0.25, 0.3) is 0 Å². The third kappa shape index (κ3) is 4.40. The maximum absolute atomic E-state index is 12.5. The fourth-order valence-corrected chi connectivity index (χ4v) is 3.08. The molecular weight excluding hydrogens is 332 g/mol. The zero-order valence-corrected chi connectivity index (χ0v) is 15.5. The van der Waals surface area contributed by atoms with Crippen molar-refractivity contribution in [3.8, 4) is 0 Å². The van der Waals surface area contributed by atoms with E-state index in [-0.39, 0.29) is 24.3 Å². The summed E-state index contributed by atoms with van der Waals surface area (Å²) >= 11 is 0. The summed E-state index contributed by atoms with van der Waals surface area (Å²) in [4.78, 5) is 37.8. The van der Waals surface area contributed by atoms with E-state index in [1.165, 1.54) is 4.90 Å². The Bertz CT molecular complexity index is 645. The van der Waals surface area contributed by atoms with E-state index >= 15 is 0 Å². The number of carbonyl (C=O) groups excluding carboxylic acids is 3. The molecule has 0 atom stereocenters. The molecule has 7 heteroatoms. The Labute approximate surface area is 154 Å². The zero-order chi connectivity index (χ0) is 19.2. The first-order valence-corrected chi connectivity index (χ1v) is 9.09. The van der Waals surface area contributed by atoms with Gasteiger partial charge < -0.3 is 21.3 Å². The average Bonchev–Trinajstić information content (AvgIpc) is 2.68. The van der Waals surface area contributed by atoms with Crippen molar-refractivity contribution in [3.05, 3.63) is 35.4 Å². The number of carbonyl (C=O) groups is 3. The predicted octanol–water partition coefficient (Wildman–Crippen LogP) is 0.640. The highest BCUT2D eigenvalue weighted by molar-refractivity contribution is 5.97. The van der Waals surface area contributed by atoms with Crippen molar-refractivity contribution in [1.29, 1.82) is 0 Å². The molecular formula is C19H28N4O3. The van der Waals surface area contributed by atoms with Gasteiger partial charge in [0.15, 0.2) is 0 Å². The van der Waals surface area contributed by atoms with Crippen LogP contribution in [0.1, 0.15) is 42.6 Å². The SMILES string of the molecule is CCC(CC)(CN)C(=O)NCc1ccc(C(=O)N2CCNC(=O)C2)cc1. The highest BCUT2D eigenvalue weighted by atomic mass is 16.2.